The summed E-state index contributed by atoms with van der Waals surface area (Å²) in [5.41, 5.74) is 7.66. The highest BCUT2D eigenvalue weighted by Gasteiger charge is 2.07. The SMILES string of the molecule is NCCOCCOCCNc1nc(NCCc2ccccc2)nc(NCCc2ccccn2)n1. The van der Waals surface area contributed by atoms with Gasteiger partial charge in [-0.05, 0) is 24.1 Å². The summed E-state index contributed by atoms with van der Waals surface area (Å²) in [4.78, 5) is 17.9. The van der Waals surface area contributed by atoms with Crippen molar-refractivity contribution >= 4 is 17.8 Å². The number of aromatic nitrogens is 4. The van der Waals surface area contributed by atoms with Crippen molar-refractivity contribution in [1.29, 1.82) is 0 Å². The molecule has 1 aromatic carbocycles. The minimum Gasteiger partial charge on any atom is -0.378 e. The number of nitrogens with zero attached hydrogens (tertiary/aromatic N) is 4. The van der Waals surface area contributed by atoms with Crippen molar-refractivity contribution in [1.82, 2.24) is 19.9 Å². The fraction of sp³-hybridized carbons (Fsp3) is 0.417. The van der Waals surface area contributed by atoms with E-state index >= 15 is 0 Å². The zero-order chi connectivity index (χ0) is 23.7. The normalized spacial score (nSPS) is 10.7. The third-order valence-electron chi connectivity index (χ3n) is 4.73. The van der Waals surface area contributed by atoms with Crippen molar-refractivity contribution in [2.24, 2.45) is 5.73 Å². The quantitative estimate of drug-likeness (QED) is 0.219. The standard InChI is InChI=1S/C24H34N8O2/c25-11-16-33-18-19-34-17-15-29-24-31-22(27-13-9-20-6-2-1-3-7-20)30-23(32-24)28-14-10-21-8-4-5-12-26-21/h1-8,12H,9-11,13-19,25H2,(H3,27,28,29,30,31,32). The molecule has 3 aromatic rings. The zero-order valence-electron chi connectivity index (χ0n) is 19.4. The van der Waals surface area contributed by atoms with Gasteiger partial charge in [-0.3, -0.25) is 4.98 Å². The average molecular weight is 467 g/mol. The molecule has 0 aliphatic heterocycles. The molecule has 0 bridgehead atoms. The highest BCUT2D eigenvalue weighted by atomic mass is 16.5. The second kappa shape index (κ2) is 15.5. The number of pyridine rings is 1. The van der Waals surface area contributed by atoms with Gasteiger partial charge in [-0.25, -0.2) is 0 Å². The zero-order valence-corrected chi connectivity index (χ0v) is 19.4. The second-order valence-electron chi connectivity index (χ2n) is 7.41. The largest absolute Gasteiger partial charge is 0.378 e. The van der Waals surface area contributed by atoms with E-state index in [-0.39, 0.29) is 0 Å². The van der Waals surface area contributed by atoms with Crippen molar-refractivity contribution in [2.75, 3.05) is 68.6 Å². The molecule has 10 nitrogen and oxygen atoms in total. The molecule has 0 unspecified atom stereocenters. The average Bonchev–Trinajstić information content (AvgIpc) is 2.87. The fourth-order valence-corrected chi connectivity index (χ4v) is 3.07. The molecule has 182 valence electrons. The number of hydrogen-bond acceptors (Lipinski definition) is 10. The molecule has 2 heterocycles. The molecular formula is C24H34N8O2. The van der Waals surface area contributed by atoms with Crippen LogP contribution in [0.1, 0.15) is 11.3 Å². The first-order valence-electron chi connectivity index (χ1n) is 11.6. The molecule has 0 aliphatic carbocycles. The summed E-state index contributed by atoms with van der Waals surface area (Å²) < 4.78 is 10.8. The third kappa shape index (κ3) is 10.1. The Morgan fingerprint density at radius 3 is 1.91 bits per heavy atom. The Balaban J connectivity index is 1.50. The molecule has 10 heteroatoms. The lowest BCUT2D eigenvalue weighted by molar-refractivity contribution is 0.0547. The van der Waals surface area contributed by atoms with Gasteiger partial charge in [0.05, 0.1) is 26.4 Å². The van der Waals surface area contributed by atoms with Crippen molar-refractivity contribution in [3.05, 3.63) is 66.0 Å². The van der Waals surface area contributed by atoms with E-state index in [1.165, 1.54) is 5.56 Å². The van der Waals surface area contributed by atoms with Gasteiger partial charge in [-0.15, -0.1) is 0 Å². The molecular weight excluding hydrogens is 432 g/mol. The Labute approximate surface area is 200 Å². The number of nitrogens with two attached hydrogens (primary N) is 1. The van der Waals surface area contributed by atoms with Crippen LogP contribution in [-0.4, -0.2) is 72.5 Å². The van der Waals surface area contributed by atoms with Crippen LogP contribution >= 0.6 is 0 Å². The number of hydrogen-bond donors (Lipinski definition) is 4. The lowest BCUT2D eigenvalue weighted by atomic mass is 10.1. The number of rotatable bonds is 17. The molecule has 5 N–H and O–H groups in total. The van der Waals surface area contributed by atoms with Crippen LogP contribution in [-0.2, 0) is 22.3 Å². The summed E-state index contributed by atoms with van der Waals surface area (Å²) in [7, 11) is 0. The molecule has 0 amide bonds. The molecule has 0 saturated heterocycles. The van der Waals surface area contributed by atoms with Gasteiger partial charge in [-0.1, -0.05) is 36.4 Å². The monoisotopic (exact) mass is 466 g/mol. The van der Waals surface area contributed by atoms with Gasteiger partial charge in [0, 0.05) is 44.5 Å². The minimum absolute atomic E-state index is 0.487. The van der Waals surface area contributed by atoms with Crippen molar-refractivity contribution < 1.29 is 9.47 Å². The van der Waals surface area contributed by atoms with Crippen LogP contribution in [0.15, 0.2) is 54.7 Å². The lowest BCUT2D eigenvalue weighted by Gasteiger charge is -2.12. The van der Waals surface area contributed by atoms with E-state index < -0.39 is 0 Å². The maximum absolute atomic E-state index is 5.55. The number of nitrogens with one attached hydrogen (secondary N) is 3. The highest BCUT2D eigenvalue weighted by molar-refractivity contribution is 5.42. The van der Waals surface area contributed by atoms with Crippen LogP contribution in [0.25, 0.3) is 0 Å². The Kier molecular flexibility index (Phi) is 11.5. The molecule has 0 fully saturated rings. The van der Waals surface area contributed by atoms with Crippen LogP contribution in [0.2, 0.25) is 0 Å². The smallest absolute Gasteiger partial charge is 0.229 e. The summed E-state index contributed by atoms with van der Waals surface area (Å²) in [6.07, 6.45) is 3.44. The van der Waals surface area contributed by atoms with Crippen LogP contribution in [0, 0.1) is 0 Å². The van der Waals surface area contributed by atoms with Gasteiger partial charge in [0.25, 0.3) is 0 Å². The van der Waals surface area contributed by atoms with E-state index in [2.05, 4.69) is 48.0 Å². The molecule has 0 saturated carbocycles. The second-order valence-corrected chi connectivity index (χ2v) is 7.41. The van der Waals surface area contributed by atoms with Crippen LogP contribution < -0.4 is 21.7 Å². The minimum atomic E-state index is 0.487. The van der Waals surface area contributed by atoms with Crippen molar-refractivity contribution in [3.63, 3.8) is 0 Å². The van der Waals surface area contributed by atoms with Crippen LogP contribution in [0.4, 0.5) is 17.8 Å². The fourth-order valence-electron chi connectivity index (χ4n) is 3.07. The van der Waals surface area contributed by atoms with Gasteiger partial charge in [-0.2, -0.15) is 15.0 Å². The molecule has 0 aliphatic rings. The number of benzene rings is 1. The van der Waals surface area contributed by atoms with E-state index in [0.29, 0.717) is 70.5 Å². The number of anilines is 3. The van der Waals surface area contributed by atoms with E-state index in [4.69, 9.17) is 15.2 Å². The van der Waals surface area contributed by atoms with E-state index in [9.17, 15) is 0 Å². The first-order chi connectivity index (χ1) is 16.8. The van der Waals surface area contributed by atoms with Gasteiger partial charge in [0.15, 0.2) is 0 Å². The highest BCUT2D eigenvalue weighted by Crippen LogP contribution is 2.10. The van der Waals surface area contributed by atoms with E-state index in [1.807, 2.05) is 36.4 Å². The molecule has 0 spiro atoms. The molecule has 34 heavy (non-hydrogen) atoms. The van der Waals surface area contributed by atoms with E-state index in [1.54, 1.807) is 6.20 Å². The maximum atomic E-state index is 5.55. The Morgan fingerprint density at radius 2 is 1.26 bits per heavy atom. The summed E-state index contributed by atoms with van der Waals surface area (Å²) in [5, 5.41) is 9.78. The van der Waals surface area contributed by atoms with E-state index in [0.717, 1.165) is 18.5 Å². The van der Waals surface area contributed by atoms with Crippen molar-refractivity contribution in [3.8, 4) is 0 Å². The van der Waals surface area contributed by atoms with Crippen LogP contribution in [0.5, 0.6) is 0 Å². The third-order valence-corrected chi connectivity index (χ3v) is 4.73. The molecule has 2 aromatic heterocycles. The summed E-state index contributed by atoms with van der Waals surface area (Å²) in [6.45, 7) is 4.56. The molecule has 3 rings (SSSR count). The summed E-state index contributed by atoms with van der Waals surface area (Å²) in [6, 6.07) is 16.2. The van der Waals surface area contributed by atoms with Gasteiger partial charge in [0.2, 0.25) is 17.8 Å². The Hall–Kier alpha value is -3.34. The van der Waals surface area contributed by atoms with Gasteiger partial charge >= 0.3 is 0 Å². The van der Waals surface area contributed by atoms with Gasteiger partial charge in [0.1, 0.15) is 0 Å². The predicted molar refractivity (Wildman–Crippen MR) is 134 cm³/mol. The molecule has 0 atom stereocenters. The summed E-state index contributed by atoms with van der Waals surface area (Å²) in [5.74, 6) is 1.51. The first-order valence-corrected chi connectivity index (χ1v) is 11.6. The van der Waals surface area contributed by atoms with Gasteiger partial charge < -0.3 is 31.2 Å². The van der Waals surface area contributed by atoms with Crippen LogP contribution in [0.3, 0.4) is 0 Å². The number of ether oxygens (including phenoxy) is 2. The Morgan fingerprint density at radius 1 is 0.647 bits per heavy atom. The predicted octanol–water partition coefficient (Wildman–Crippen LogP) is 1.98. The topological polar surface area (TPSA) is 132 Å². The molecule has 0 radical (unpaired) electrons. The van der Waals surface area contributed by atoms with Crippen molar-refractivity contribution in [2.45, 2.75) is 12.8 Å². The lowest BCUT2D eigenvalue weighted by Crippen LogP contribution is -2.18. The summed E-state index contributed by atoms with van der Waals surface area (Å²) >= 11 is 0. The Bertz CT molecular complexity index is 867. The maximum Gasteiger partial charge on any atom is 0.229 e. The first kappa shape index (κ1) is 25.3.